The standard InChI is InChI=1S/C11H22N4/c1-9-11(10(2)15(4)13-9)8-14(3)7-5-6-12/h5-8,12H2,1-4H3. The lowest BCUT2D eigenvalue weighted by Gasteiger charge is -2.16. The Morgan fingerprint density at radius 3 is 2.53 bits per heavy atom. The van der Waals surface area contributed by atoms with Crippen LogP contribution in [0.5, 0.6) is 0 Å². The summed E-state index contributed by atoms with van der Waals surface area (Å²) in [4.78, 5) is 2.30. The van der Waals surface area contributed by atoms with E-state index in [1.165, 1.54) is 11.3 Å². The van der Waals surface area contributed by atoms with Crippen molar-refractivity contribution in [2.24, 2.45) is 12.8 Å². The van der Waals surface area contributed by atoms with E-state index in [1.54, 1.807) is 0 Å². The van der Waals surface area contributed by atoms with Crippen molar-refractivity contribution in [2.45, 2.75) is 26.8 Å². The average Bonchev–Trinajstić information content (AvgIpc) is 2.42. The fourth-order valence-corrected chi connectivity index (χ4v) is 1.76. The highest BCUT2D eigenvalue weighted by molar-refractivity contribution is 5.23. The molecule has 0 aliphatic rings. The van der Waals surface area contributed by atoms with Crippen molar-refractivity contribution in [1.82, 2.24) is 14.7 Å². The van der Waals surface area contributed by atoms with E-state index in [9.17, 15) is 0 Å². The third-order valence-electron chi connectivity index (χ3n) is 2.83. The SMILES string of the molecule is Cc1nn(C)c(C)c1CN(C)CCCN. The maximum absolute atomic E-state index is 5.49. The van der Waals surface area contributed by atoms with Crippen molar-refractivity contribution in [3.8, 4) is 0 Å². The fraction of sp³-hybridized carbons (Fsp3) is 0.727. The molecule has 0 radical (unpaired) electrons. The normalized spacial score (nSPS) is 11.3. The Balaban J connectivity index is 2.63. The predicted molar refractivity (Wildman–Crippen MR) is 62.7 cm³/mol. The Kier molecular flexibility index (Phi) is 4.29. The summed E-state index contributed by atoms with van der Waals surface area (Å²) in [5.41, 5.74) is 9.23. The number of aromatic nitrogens is 2. The van der Waals surface area contributed by atoms with Gasteiger partial charge in [-0.3, -0.25) is 4.68 Å². The van der Waals surface area contributed by atoms with Gasteiger partial charge in [-0.2, -0.15) is 5.10 Å². The molecule has 0 aromatic carbocycles. The molecule has 0 bridgehead atoms. The molecule has 4 heteroatoms. The van der Waals surface area contributed by atoms with Crippen LogP contribution < -0.4 is 5.73 Å². The second-order valence-electron chi connectivity index (χ2n) is 4.15. The van der Waals surface area contributed by atoms with Crippen molar-refractivity contribution in [3.63, 3.8) is 0 Å². The van der Waals surface area contributed by atoms with E-state index in [0.717, 1.165) is 31.7 Å². The smallest absolute Gasteiger partial charge is 0.0641 e. The molecule has 0 saturated heterocycles. The van der Waals surface area contributed by atoms with Crippen molar-refractivity contribution >= 4 is 0 Å². The molecule has 1 aromatic heterocycles. The maximum Gasteiger partial charge on any atom is 0.0641 e. The van der Waals surface area contributed by atoms with Crippen LogP contribution in [0.4, 0.5) is 0 Å². The zero-order valence-electron chi connectivity index (χ0n) is 10.2. The molecule has 1 aromatic rings. The number of aryl methyl sites for hydroxylation is 2. The molecule has 0 aliphatic carbocycles. The molecule has 4 nitrogen and oxygen atoms in total. The molecule has 0 saturated carbocycles. The van der Waals surface area contributed by atoms with Crippen molar-refractivity contribution < 1.29 is 0 Å². The van der Waals surface area contributed by atoms with Gasteiger partial charge >= 0.3 is 0 Å². The monoisotopic (exact) mass is 210 g/mol. The van der Waals surface area contributed by atoms with Gasteiger partial charge in [0.2, 0.25) is 0 Å². The van der Waals surface area contributed by atoms with Gasteiger partial charge in [0.1, 0.15) is 0 Å². The molecule has 0 aliphatic heterocycles. The van der Waals surface area contributed by atoms with E-state index in [0.29, 0.717) is 0 Å². The van der Waals surface area contributed by atoms with Crippen LogP contribution in [0.2, 0.25) is 0 Å². The van der Waals surface area contributed by atoms with E-state index in [4.69, 9.17) is 5.73 Å². The molecule has 2 N–H and O–H groups in total. The Morgan fingerprint density at radius 1 is 1.40 bits per heavy atom. The molecule has 1 heterocycles. The quantitative estimate of drug-likeness (QED) is 0.782. The minimum atomic E-state index is 0.759. The van der Waals surface area contributed by atoms with Crippen LogP contribution in [0, 0.1) is 13.8 Å². The molecule has 1 rings (SSSR count). The van der Waals surface area contributed by atoms with Gasteiger partial charge < -0.3 is 10.6 Å². The second kappa shape index (κ2) is 5.28. The number of nitrogens with two attached hydrogens (primary N) is 1. The molecule has 0 unspecified atom stereocenters. The van der Waals surface area contributed by atoms with Gasteiger partial charge in [-0.15, -0.1) is 0 Å². The van der Waals surface area contributed by atoms with Crippen LogP contribution in [-0.4, -0.2) is 34.8 Å². The minimum absolute atomic E-state index is 0.759. The summed E-state index contributed by atoms with van der Waals surface area (Å²) in [7, 11) is 4.12. The van der Waals surface area contributed by atoms with Gasteiger partial charge in [-0.05, 0) is 40.4 Å². The first-order valence-electron chi connectivity index (χ1n) is 5.44. The van der Waals surface area contributed by atoms with Crippen LogP contribution in [0.25, 0.3) is 0 Å². The lowest BCUT2D eigenvalue weighted by molar-refractivity contribution is 0.323. The second-order valence-corrected chi connectivity index (χ2v) is 4.15. The van der Waals surface area contributed by atoms with E-state index in [-0.39, 0.29) is 0 Å². The summed E-state index contributed by atoms with van der Waals surface area (Å²) in [6.07, 6.45) is 1.05. The van der Waals surface area contributed by atoms with Crippen molar-refractivity contribution in [3.05, 3.63) is 17.0 Å². The lowest BCUT2D eigenvalue weighted by Crippen LogP contribution is -2.22. The summed E-state index contributed by atoms with van der Waals surface area (Å²) in [5, 5.41) is 4.41. The number of hydrogen-bond acceptors (Lipinski definition) is 3. The summed E-state index contributed by atoms with van der Waals surface area (Å²) < 4.78 is 1.95. The third-order valence-corrected chi connectivity index (χ3v) is 2.83. The first-order valence-corrected chi connectivity index (χ1v) is 5.44. The average molecular weight is 210 g/mol. The van der Waals surface area contributed by atoms with E-state index in [1.807, 2.05) is 11.7 Å². The van der Waals surface area contributed by atoms with Crippen LogP contribution in [-0.2, 0) is 13.6 Å². The Bertz CT molecular complexity index is 317. The molecule has 0 spiro atoms. The van der Waals surface area contributed by atoms with E-state index < -0.39 is 0 Å². The number of nitrogens with zero attached hydrogens (tertiary/aromatic N) is 3. The lowest BCUT2D eigenvalue weighted by atomic mass is 10.2. The number of rotatable bonds is 5. The fourth-order valence-electron chi connectivity index (χ4n) is 1.76. The molecule has 0 atom stereocenters. The van der Waals surface area contributed by atoms with Gasteiger partial charge in [-0.1, -0.05) is 0 Å². The minimum Gasteiger partial charge on any atom is -0.330 e. The summed E-state index contributed by atoms with van der Waals surface area (Å²) in [6, 6.07) is 0. The van der Waals surface area contributed by atoms with Crippen LogP contribution >= 0.6 is 0 Å². The van der Waals surface area contributed by atoms with Crippen LogP contribution in [0.3, 0.4) is 0 Å². The van der Waals surface area contributed by atoms with E-state index >= 15 is 0 Å². The molecular weight excluding hydrogens is 188 g/mol. The summed E-state index contributed by atoms with van der Waals surface area (Å²) in [5.74, 6) is 0. The van der Waals surface area contributed by atoms with Crippen LogP contribution in [0.1, 0.15) is 23.4 Å². The van der Waals surface area contributed by atoms with Crippen LogP contribution in [0.15, 0.2) is 0 Å². The zero-order chi connectivity index (χ0) is 11.4. The Morgan fingerprint density at radius 2 is 2.07 bits per heavy atom. The van der Waals surface area contributed by atoms with Gasteiger partial charge in [0.25, 0.3) is 0 Å². The highest BCUT2D eigenvalue weighted by Crippen LogP contribution is 2.13. The first kappa shape index (κ1) is 12.2. The Labute approximate surface area is 92.1 Å². The van der Waals surface area contributed by atoms with Crippen molar-refractivity contribution in [1.29, 1.82) is 0 Å². The van der Waals surface area contributed by atoms with Gasteiger partial charge in [0.05, 0.1) is 5.69 Å². The predicted octanol–water partition coefficient (Wildman–Crippen LogP) is 0.818. The maximum atomic E-state index is 5.49. The largest absolute Gasteiger partial charge is 0.330 e. The molecule has 15 heavy (non-hydrogen) atoms. The molecular formula is C11H22N4. The highest BCUT2D eigenvalue weighted by atomic mass is 15.3. The first-order chi connectivity index (χ1) is 7.06. The molecule has 0 amide bonds. The third kappa shape index (κ3) is 3.04. The van der Waals surface area contributed by atoms with E-state index in [2.05, 4.69) is 30.9 Å². The van der Waals surface area contributed by atoms with Gasteiger partial charge in [0.15, 0.2) is 0 Å². The number of hydrogen-bond donors (Lipinski definition) is 1. The Hall–Kier alpha value is -0.870. The zero-order valence-corrected chi connectivity index (χ0v) is 10.2. The molecule has 86 valence electrons. The van der Waals surface area contributed by atoms with Crippen molar-refractivity contribution in [2.75, 3.05) is 20.1 Å². The topological polar surface area (TPSA) is 47.1 Å². The summed E-state index contributed by atoms with van der Waals surface area (Å²) >= 11 is 0. The van der Waals surface area contributed by atoms with Gasteiger partial charge in [0, 0.05) is 24.8 Å². The van der Waals surface area contributed by atoms with Gasteiger partial charge in [-0.25, -0.2) is 0 Å². The summed E-state index contributed by atoms with van der Waals surface area (Å²) in [6.45, 7) is 6.95. The molecule has 0 fully saturated rings. The highest BCUT2D eigenvalue weighted by Gasteiger charge is 2.10.